The van der Waals surface area contributed by atoms with Crippen molar-refractivity contribution in [3.8, 4) is 5.75 Å². The highest BCUT2D eigenvalue weighted by molar-refractivity contribution is 8.00. The van der Waals surface area contributed by atoms with Crippen molar-refractivity contribution in [1.82, 2.24) is 0 Å². The number of ether oxygens (including phenoxy) is 2. The maximum Gasteiger partial charge on any atom is 0.313 e. The molecule has 0 saturated carbocycles. The molecule has 0 fully saturated rings. The van der Waals surface area contributed by atoms with E-state index in [4.69, 9.17) is 9.47 Å². The van der Waals surface area contributed by atoms with Gasteiger partial charge in [-0.05, 0) is 57.7 Å². The van der Waals surface area contributed by atoms with Gasteiger partial charge in [-0.15, -0.1) is 11.8 Å². The van der Waals surface area contributed by atoms with Crippen molar-refractivity contribution in [3.05, 3.63) is 29.8 Å². The van der Waals surface area contributed by atoms with Crippen molar-refractivity contribution in [2.24, 2.45) is 11.8 Å². The van der Waals surface area contributed by atoms with Gasteiger partial charge in [0.15, 0.2) is 5.78 Å². The lowest BCUT2D eigenvalue weighted by Gasteiger charge is -2.27. The molecule has 2 atom stereocenters. The SMILES string of the molecule is CCSCC(CSC(C)(O)CCOC(C)(C)C)C(=O)c1ccc(OC(=O)C(C)C)cc1. The Hall–Kier alpha value is -1.02. The number of thioether (sulfide) groups is 2. The Morgan fingerprint density at radius 3 is 2.19 bits per heavy atom. The number of ketones is 1. The zero-order valence-electron chi connectivity index (χ0n) is 19.9. The molecule has 0 heterocycles. The van der Waals surface area contributed by atoms with Gasteiger partial charge >= 0.3 is 5.97 Å². The summed E-state index contributed by atoms with van der Waals surface area (Å²) in [5.41, 5.74) is 0.342. The van der Waals surface area contributed by atoms with Crippen molar-refractivity contribution in [2.45, 2.75) is 65.4 Å². The van der Waals surface area contributed by atoms with Gasteiger partial charge in [0.1, 0.15) is 10.7 Å². The molecule has 1 N–H and O–H groups in total. The largest absolute Gasteiger partial charge is 0.426 e. The summed E-state index contributed by atoms with van der Waals surface area (Å²) in [6, 6.07) is 6.72. The highest BCUT2D eigenvalue weighted by Crippen LogP contribution is 2.30. The fraction of sp³-hybridized carbons (Fsp3) is 0.667. The summed E-state index contributed by atoms with van der Waals surface area (Å²) in [6.07, 6.45) is 0.493. The maximum atomic E-state index is 13.1. The summed E-state index contributed by atoms with van der Waals surface area (Å²) in [5, 5.41) is 10.7. The van der Waals surface area contributed by atoms with Crippen molar-refractivity contribution >= 4 is 35.3 Å². The smallest absolute Gasteiger partial charge is 0.313 e. The Kier molecular flexibility index (Phi) is 11.6. The molecule has 0 aliphatic rings. The van der Waals surface area contributed by atoms with Crippen LogP contribution in [0.3, 0.4) is 0 Å². The number of esters is 1. The molecule has 31 heavy (non-hydrogen) atoms. The first-order valence-corrected chi connectivity index (χ1v) is 12.9. The van der Waals surface area contributed by atoms with E-state index in [1.807, 2.05) is 20.8 Å². The van der Waals surface area contributed by atoms with Crippen LogP contribution in [-0.2, 0) is 9.53 Å². The third-order valence-electron chi connectivity index (χ3n) is 4.42. The summed E-state index contributed by atoms with van der Waals surface area (Å²) in [7, 11) is 0. The minimum atomic E-state index is -0.963. The molecule has 1 aromatic carbocycles. The first-order chi connectivity index (χ1) is 14.3. The van der Waals surface area contributed by atoms with E-state index in [2.05, 4.69) is 6.92 Å². The molecule has 1 rings (SSSR count). The van der Waals surface area contributed by atoms with E-state index in [0.29, 0.717) is 35.8 Å². The molecule has 1 aromatic rings. The van der Waals surface area contributed by atoms with E-state index in [9.17, 15) is 14.7 Å². The Bertz CT molecular complexity index is 693. The number of hydrogen-bond donors (Lipinski definition) is 1. The summed E-state index contributed by atoms with van der Waals surface area (Å²) < 4.78 is 11.0. The van der Waals surface area contributed by atoms with Crippen LogP contribution in [0.2, 0.25) is 0 Å². The van der Waals surface area contributed by atoms with Crippen LogP contribution in [0.4, 0.5) is 0 Å². The summed E-state index contributed by atoms with van der Waals surface area (Å²) in [5.74, 6) is 1.89. The number of rotatable bonds is 13. The van der Waals surface area contributed by atoms with Gasteiger partial charge in [-0.3, -0.25) is 9.59 Å². The molecule has 0 spiro atoms. The van der Waals surface area contributed by atoms with Crippen LogP contribution < -0.4 is 4.74 Å². The molecule has 176 valence electrons. The van der Waals surface area contributed by atoms with Crippen LogP contribution in [0.25, 0.3) is 0 Å². The van der Waals surface area contributed by atoms with Gasteiger partial charge in [0.05, 0.1) is 18.1 Å². The predicted molar refractivity (Wildman–Crippen MR) is 131 cm³/mol. The van der Waals surface area contributed by atoms with E-state index in [0.717, 1.165) is 5.75 Å². The van der Waals surface area contributed by atoms with Gasteiger partial charge in [-0.1, -0.05) is 20.8 Å². The normalized spacial score (nSPS) is 14.9. The zero-order valence-corrected chi connectivity index (χ0v) is 21.5. The molecule has 0 bridgehead atoms. The second-order valence-electron chi connectivity index (χ2n) is 9.02. The highest BCUT2D eigenvalue weighted by Gasteiger charge is 2.27. The first kappa shape index (κ1) is 28.0. The Balaban J connectivity index is 2.75. The fourth-order valence-electron chi connectivity index (χ4n) is 2.52. The van der Waals surface area contributed by atoms with Crippen LogP contribution in [0.1, 0.15) is 65.2 Å². The zero-order chi connectivity index (χ0) is 23.7. The number of carbonyl (C=O) groups excluding carboxylic acids is 2. The van der Waals surface area contributed by atoms with Crippen LogP contribution in [0.5, 0.6) is 5.75 Å². The Labute approximate surface area is 196 Å². The van der Waals surface area contributed by atoms with E-state index in [1.54, 1.807) is 56.8 Å². The first-order valence-electron chi connectivity index (χ1n) is 10.8. The molecule has 0 aromatic heterocycles. The lowest BCUT2D eigenvalue weighted by atomic mass is 10.0. The van der Waals surface area contributed by atoms with Gasteiger partial charge in [-0.25, -0.2) is 0 Å². The molecule has 0 amide bonds. The Morgan fingerprint density at radius 1 is 1.06 bits per heavy atom. The fourth-order valence-corrected chi connectivity index (χ4v) is 4.51. The number of aliphatic hydroxyl groups is 1. The van der Waals surface area contributed by atoms with Crippen molar-refractivity contribution in [3.63, 3.8) is 0 Å². The lowest BCUT2D eigenvalue weighted by molar-refractivity contribution is -0.137. The van der Waals surface area contributed by atoms with Crippen molar-refractivity contribution in [1.29, 1.82) is 0 Å². The summed E-state index contributed by atoms with van der Waals surface area (Å²) in [4.78, 5) is 23.9. The third-order valence-corrected chi connectivity index (χ3v) is 6.86. The van der Waals surface area contributed by atoms with Gasteiger partial charge in [0, 0.05) is 29.4 Å². The maximum absolute atomic E-state index is 13.1. The third kappa shape index (κ3) is 11.4. The van der Waals surface area contributed by atoms with Crippen LogP contribution in [0.15, 0.2) is 24.3 Å². The van der Waals surface area contributed by atoms with Gasteiger partial charge in [0.2, 0.25) is 0 Å². The van der Waals surface area contributed by atoms with Crippen molar-refractivity contribution in [2.75, 3.05) is 23.9 Å². The van der Waals surface area contributed by atoms with Gasteiger partial charge in [-0.2, -0.15) is 11.8 Å². The van der Waals surface area contributed by atoms with Crippen LogP contribution in [0, 0.1) is 11.8 Å². The second kappa shape index (κ2) is 12.9. The van der Waals surface area contributed by atoms with E-state index in [-0.39, 0.29) is 29.2 Å². The van der Waals surface area contributed by atoms with Gasteiger partial charge in [0.25, 0.3) is 0 Å². The minimum absolute atomic E-state index is 0.0388. The molecular weight excluding hydrogens is 432 g/mol. The molecular formula is C24H38O5S2. The number of benzene rings is 1. The van der Waals surface area contributed by atoms with E-state index < -0.39 is 4.93 Å². The molecule has 5 nitrogen and oxygen atoms in total. The quantitative estimate of drug-likeness (QED) is 0.178. The number of Topliss-reactive ketones (excluding diaryl/α,β-unsaturated/α-hetero) is 1. The minimum Gasteiger partial charge on any atom is -0.426 e. The van der Waals surface area contributed by atoms with E-state index in [1.165, 1.54) is 11.8 Å². The monoisotopic (exact) mass is 470 g/mol. The summed E-state index contributed by atoms with van der Waals surface area (Å²) in [6.45, 7) is 13.8. The number of hydrogen-bond acceptors (Lipinski definition) is 7. The standard InChI is InChI=1S/C24H38O5S2/c1-8-30-15-19(16-31-24(7,27)13-14-28-23(4,5)6)21(25)18-9-11-20(12-10-18)29-22(26)17(2)3/h9-12,17,19,27H,8,13-16H2,1-7H3. The van der Waals surface area contributed by atoms with Crippen molar-refractivity contribution < 1.29 is 24.2 Å². The lowest BCUT2D eigenvalue weighted by Crippen LogP contribution is -2.29. The topological polar surface area (TPSA) is 72.8 Å². The molecule has 0 aliphatic heterocycles. The summed E-state index contributed by atoms with van der Waals surface area (Å²) >= 11 is 3.11. The van der Waals surface area contributed by atoms with Crippen LogP contribution >= 0.6 is 23.5 Å². The molecule has 7 heteroatoms. The molecule has 0 radical (unpaired) electrons. The second-order valence-corrected chi connectivity index (χ2v) is 11.8. The van der Waals surface area contributed by atoms with Crippen LogP contribution in [-0.4, -0.2) is 51.3 Å². The van der Waals surface area contributed by atoms with Gasteiger partial charge < -0.3 is 14.6 Å². The van der Waals surface area contributed by atoms with E-state index >= 15 is 0 Å². The Morgan fingerprint density at radius 2 is 1.68 bits per heavy atom. The molecule has 0 saturated heterocycles. The molecule has 0 aliphatic carbocycles. The highest BCUT2D eigenvalue weighted by atomic mass is 32.2. The molecule has 2 unspecified atom stereocenters. The average molecular weight is 471 g/mol. The number of carbonyl (C=O) groups is 2. The average Bonchev–Trinajstić information content (AvgIpc) is 2.66. The predicted octanol–water partition coefficient (Wildman–Crippen LogP) is 5.45.